The van der Waals surface area contributed by atoms with Crippen molar-refractivity contribution in [3.63, 3.8) is 0 Å². The van der Waals surface area contributed by atoms with Crippen molar-refractivity contribution in [1.82, 2.24) is 20.2 Å². The Morgan fingerprint density at radius 2 is 1.89 bits per heavy atom. The minimum absolute atomic E-state index is 0.266. The quantitative estimate of drug-likeness (QED) is 0.582. The number of anilines is 2. The van der Waals surface area contributed by atoms with Gasteiger partial charge in [-0.15, -0.1) is 0 Å². The van der Waals surface area contributed by atoms with Crippen LogP contribution in [0.2, 0.25) is 10.0 Å². The lowest BCUT2D eigenvalue weighted by Crippen LogP contribution is -2.23. The average Bonchev–Trinajstić information content (AvgIpc) is 3.37. The second-order valence-corrected chi connectivity index (χ2v) is 9.29. The van der Waals surface area contributed by atoms with E-state index in [1.807, 2.05) is 0 Å². The molecule has 2 aliphatic carbocycles. The summed E-state index contributed by atoms with van der Waals surface area (Å²) in [6.45, 7) is 4.67. The van der Waals surface area contributed by atoms with E-state index in [0.29, 0.717) is 21.7 Å². The maximum Gasteiger partial charge on any atom is 0.183 e. The summed E-state index contributed by atoms with van der Waals surface area (Å²) in [5.41, 5.74) is 5.58. The van der Waals surface area contributed by atoms with Gasteiger partial charge in [-0.2, -0.15) is 5.10 Å². The van der Waals surface area contributed by atoms with Crippen LogP contribution < -0.4 is 5.32 Å². The van der Waals surface area contributed by atoms with Gasteiger partial charge in [0.15, 0.2) is 5.65 Å². The van der Waals surface area contributed by atoms with Gasteiger partial charge in [0.2, 0.25) is 0 Å². The van der Waals surface area contributed by atoms with E-state index in [-0.39, 0.29) is 5.41 Å². The highest BCUT2D eigenvalue weighted by molar-refractivity contribution is 6.39. The van der Waals surface area contributed by atoms with Gasteiger partial charge in [0.05, 0.1) is 15.7 Å². The molecule has 140 valence electrons. The summed E-state index contributed by atoms with van der Waals surface area (Å²) >= 11 is 12.6. The van der Waals surface area contributed by atoms with Gasteiger partial charge in [-0.05, 0) is 48.6 Å². The SMILES string of the molecule is CC1(C)CCc2c(Nc3c(Cl)cncc3Cl)nc3n[nH]c(C4CC4)c3c2C1. The molecular weight excluding hydrogens is 381 g/mol. The van der Waals surface area contributed by atoms with Gasteiger partial charge in [0.1, 0.15) is 5.82 Å². The standard InChI is InChI=1S/C20H21Cl2N5/c1-20(2)6-5-11-12(7-20)15-16(10-3-4-10)26-27-19(15)25-18(11)24-17-13(21)8-23-9-14(17)22/h8-10H,3-7H2,1-2H3,(H2,23,24,25,26,27). The van der Waals surface area contributed by atoms with Crippen molar-refractivity contribution in [2.45, 2.75) is 51.9 Å². The van der Waals surface area contributed by atoms with Gasteiger partial charge in [-0.25, -0.2) is 4.98 Å². The maximum atomic E-state index is 6.32. The zero-order valence-electron chi connectivity index (χ0n) is 15.4. The molecule has 0 aromatic carbocycles. The molecule has 7 heteroatoms. The number of aromatic nitrogens is 4. The number of hydrogen-bond acceptors (Lipinski definition) is 4. The van der Waals surface area contributed by atoms with E-state index in [9.17, 15) is 0 Å². The number of aromatic amines is 1. The van der Waals surface area contributed by atoms with Gasteiger partial charge in [-0.3, -0.25) is 10.1 Å². The van der Waals surface area contributed by atoms with Crippen LogP contribution in [0.4, 0.5) is 11.5 Å². The molecule has 5 nitrogen and oxygen atoms in total. The third kappa shape index (κ3) is 2.97. The molecule has 3 aromatic heterocycles. The molecule has 2 N–H and O–H groups in total. The molecule has 1 fully saturated rings. The molecule has 0 atom stereocenters. The van der Waals surface area contributed by atoms with Crippen molar-refractivity contribution < 1.29 is 0 Å². The Balaban J connectivity index is 1.70. The van der Waals surface area contributed by atoms with Crippen molar-refractivity contribution in [3.05, 3.63) is 39.3 Å². The van der Waals surface area contributed by atoms with Crippen molar-refractivity contribution >= 4 is 45.7 Å². The van der Waals surface area contributed by atoms with E-state index in [1.165, 1.54) is 35.0 Å². The van der Waals surface area contributed by atoms with Crippen LogP contribution in [0.1, 0.15) is 55.8 Å². The van der Waals surface area contributed by atoms with Gasteiger partial charge in [-0.1, -0.05) is 37.0 Å². The van der Waals surface area contributed by atoms with E-state index >= 15 is 0 Å². The summed E-state index contributed by atoms with van der Waals surface area (Å²) in [5.74, 6) is 1.41. The molecule has 0 bridgehead atoms. The smallest absolute Gasteiger partial charge is 0.183 e. The van der Waals surface area contributed by atoms with E-state index in [0.717, 1.165) is 30.7 Å². The fourth-order valence-electron chi connectivity index (χ4n) is 4.11. The highest BCUT2D eigenvalue weighted by atomic mass is 35.5. The second-order valence-electron chi connectivity index (χ2n) is 8.47. The van der Waals surface area contributed by atoms with Crippen molar-refractivity contribution in [2.75, 3.05) is 5.32 Å². The molecule has 3 heterocycles. The Bertz CT molecular complexity index is 1030. The second kappa shape index (κ2) is 6.08. The first-order chi connectivity index (χ1) is 12.9. The number of H-pyrrole nitrogens is 1. The number of nitrogens with one attached hydrogen (secondary N) is 2. The molecule has 3 aromatic rings. The van der Waals surface area contributed by atoms with Crippen LogP contribution >= 0.6 is 23.2 Å². The summed E-state index contributed by atoms with van der Waals surface area (Å²) in [4.78, 5) is 8.88. The van der Waals surface area contributed by atoms with E-state index in [4.69, 9.17) is 28.2 Å². The fraction of sp³-hybridized carbons (Fsp3) is 0.450. The summed E-state index contributed by atoms with van der Waals surface area (Å²) in [7, 11) is 0. The molecule has 0 spiro atoms. The fourth-order valence-corrected chi connectivity index (χ4v) is 4.56. The largest absolute Gasteiger partial charge is 0.337 e. The lowest BCUT2D eigenvalue weighted by Gasteiger charge is -2.32. The van der Waals surface area contributed by atoms with Crippen molar-refractivity contribution in [2.24, 2.45) is 5.41 Å². The molecule has 0 radical (unpaired) electrons. The molecule has 0 amide bonds. The first kappa shape index (κ1) is 17.3. The predicted octanol–water partition coefficient (Wildman–Crippen LogP) is 5.80. The number of hydrogen-bond donors (Lipinski definition) is 2. The van der Waals surface area contributed by atoms with Crippen LogP contribution in [0.15, 0.2) is 12.4 Å². The molecule has 0 unspecified atom stereocenters. The average molecular weight is 402 g/mol. The summed E-state index contributed by atoms with van der Waals surface area (Å²) in [6.07, 6.45) is 8.76. The Morgan fingerprint density at radius 1 is 1.15 bits per heavy atom. The molecule has 1 saturated carbocycles. The minimum Gasteiger partial charge on any atom is -0.337 e. The Kier molecular flexibility index (Phi) is 3.89. The molecule has 5 rings (SSSR count). The summed E-state index contributed by atoms with van der Waals surface area (Å²) in [6, 6.07) is 0. The first-order valence-electron chi connectivity index (χ1n) is 9.39. The predicted molar refractivity (Wildman–Crippen MR) is 109 cm³/mol. The van der Waals surface area contributed by atoms with Crippen LogP contribution in [0.25, 0.3) is 11.0 Å². The van der Waals surface area contributed by atoms with Gasteiger partial charge in [0, 0.05) is 29.4 Å². The molecule has 0 aliphatic heterocycles. The number of pyridine rings is 2. The lowest BCUT2D eigenvalue weighted by atomic mass is 9.73. The maximum absolute atomic E-state index is 6.32. The van der Waals surface area contributed by atoms with Gasteiger partial charge in [0.25, 0.3) is 0 Å². The van der Waals surface area contributed by atoms with Gasteiger partial charge < -0.3 is 5.32 Å². The van der Waals surface area contributed by atoms with E-state index < -0.39 is 0 Å². The third-order valence-corrected chi connectivity index (χ3v) is 6.31. The normalized spacial score (nSPS) is 18.5. The van der Waals surface area contributed by atoms with E-state index in [2.05, 4.69) is 34.3 Å². The van der Waals surface area contributed by atoms with Crippen LogP contribution in [0.3, 0.4) is 0 Å². The number of nitrogens with zero attached hydrogens (tertiary/aromatic N) is 3. The molecular formula is C20H21Cl2N5. The van der Waals surface area contributed by atoms with Crippen LogP contribution in [-0.4, -0.2) is 20.2 Å². The third-order valence-electron chi connectivity index (χ3n) is 5.73. The topological polar surface area (TPSA) is 66.5 Å². The van der Waals surface area contributed by atoms with Crippen LogP contribution in [0, 0.1) is 5.41 Å². The first-order valence-corrected chi connectivity index (χ1v) is 10.1. The van der Waals surface area contributed by atoms with Crippen LogP contribution in [-0.2, 0) is 12.8 Å². The number of rotatable bonds is 3. The molecule has 2 aliphatic rings. The van der Waals surface area contributed by atoms with Crippen LogP contribution in [0.5, 0.6) is 0 Å². The molecule has 0 saturated heterocycles. The number of halogens is 2. The minimum atomic E-state index is 0.266. The zero-order chi connectivity index (χ0) is 18.8. The lowest BCUT2D eigenvalue weighted by molar-refractivity contribution is 0.317. The van der Waals surface area contributed by atoms with Gasteiger partial charge >= 0.3 is 0 Å². The van der Waals surface area contributed by atoms with E-state index in [1.54, 1.807) is 12.4 Å². The van der Waals surface area contributed by atoms with Crippen molar-refractivity contribution in [1.29, 1.82) is 0 Å². The summed E-state index contributed by atoms with van der Waals surface area (Å²) in [5, 5.41) is 13.4. The Labute approximate surface area is 167 Å². The Morgan fingerprint density at radius 3 is 2.59 bits per heavy atom. The highest BCUT2D eigenvalue weighted by Crippen LogP contribution is 2.47. The molecule has 27 heavy (non-hydrogen) atoms. The van der Waals surface area contributed by atoms with Crippen molar-refractivity contribution in [3.8, 4) is 0 Å². The number of fused-ring (bicyclic) bond motifs is 3. The zero-order valence-corrected chi connectivity index (χ0v) is 16.9. The highest BCUT2D eigenvalue weighted by Gasteiger charge is 2.34. The monoisotopic (exact) mass is 401 g/mol. The Hall–Kier alpha value is -1.85. The summed E-state index contributed by atoms with van der Waals surface area (Å²) < 4.78 is 0.